The van der Waals surface area contributed by atoms with Crippen molar-refractivity contribution in [1.29, 1.82) is 0 Å². The van der Waals surface area contributed by atoms with E-state index in [9.17, 15) is 13.2 Å². The van der Waals surface area contributed by atoms with Crippen LogP contribution in [0.3, 0.4) is 0 Å². The fraction of sp³-hybridized carbons (Fsp3) is 0.278. The molecule has 0 aromatic heterocycles. The highest BCUT2D eigenvalue weighted by atomic mass is 19.3. The normalized spacial score (nSPS) is 11.4. The van der Waals surface area contributed by atoms with Crippen LogP contribution in [0.15, 0.2) is 47.5 Å². The van der Waals surface area contributed by atoms with Gasteiger partial charge >= 0.3 is 6.61 Å². The van der Waals surface area contributed by atoms with Crippen molar-refractivity contribution >= 4 is 5.96 Å². The van der Waals surface area contributed by atoms with Crippen molar-refractivity contribution in [3.8, 4) is 11.5 Å². The molecule has 0 aliphatic carbocycles. The predicted molar refractivity (Wildman–Crippen MR) is 93.1 cm³/mol. The van der Waals surface area contributed by atoms with Crippen LogP contribution >= 0.6 is 0 Å². The van der Waals surface area contributed by atoms with Gasteiger partial charge in [-0.2, -0.15) is 8.78 Å². The molecular formula is C18H20F3N3O2. The number of aliphatic imine (C=N–C) groups is 1. The summed E-state index contributed by atoms with van der Waals surface area (Å²) in [6.45, 7) is -2.68. The Morgan fingerprint density at radius 2 is 1.73 bits per heavy atom. The van der Waals surface area contributed by atoms with Gasteiger partial charge in [0.25, 0.3) is 0 Å². The SMILES string of the molecule is CN=C(NCc1ccccc1OC)NCc1c(F)cccc1OC(F)F. The molecule has 0 bridgehead atoms. The van der Waals surface area contributed by atoms with Crippen LogP contribution < -0.4 is 20.1 Å². The van der Waals surface area contributed by atoms with Crippen molar-refractivity contribution in [2.24, 2.45) is 4.99 Å². The van der Waals surface area contributed by atoms with Crippen molar-refractivity contribution in [2.45, 2.75) is 19.7 Å². The van der Waals surface area contributed by atoms with Gasteiger partial charge in [-0.05, 0) is 18.2 Å². The van der Waals surface area contributed by atoms with Crippen molar-refractivity contribution in [1.82, 2.24) is 10.6 Å². The van der Waals surface area contributed by atoms with Crippen LogP contribution in [0.5, 0.6) is 11.5 Å². The van der Waals surface area contributed by atoms with E-state index in [0.717, 1.165) is 11.3 Å². The third kappa shape index (κ3) is 5.30. The van der Waals surface area contributed by atoms with Crippen LogP contribution in [0.25, 0.3) is 0 Å². The fourth-order valence-corrected chi connectivity index (χ4v) is 2.34. The lowest BCUT2D eigenvalue weighted by Gasteiger charge is -2.16. The summed E-state index contributed by atoms with van der Waals surface area (Å²) in [4.78, 5) is 4.04. The Hall–Kier alpha value is -2.90. The van der Waals surface area contributed by atoms with Crippen LogP contribution in [0.1, 0.15) is 11.1 Å². The predicted octanol–water partition coefficient (Wildman–Crippen LogP) is 3.30. The van der Waals surface area contributed by atoms with Gasteiger partial charge in [0.15, 0.2) is 5.96 Å². The number of para-hydroxylation sites is 1. The fourth-order valence-electron chi connectivity index (χ4n) is 2.34. The molecular weight excluding hydrogens is 347 g/mol. The topological polar surface area (TPSA) is 54.9 Å². The van der Waals surface area contributed by atoms with E-state index in [1.54, 1.807) is 14.2 Å². The molecule has 0 amide bonds. The summed E-state index contributed by atoms with van der Waals surface area (Å²) >= 11 is 0. The number of nitrogens with one attached hydrogen (secondary N) is 2. The van der Waals surface area contributed by atoms with Gasteiger partial charge in [0.05, 0.1) is 7.11 Å². The Morgan fingerprint density at radius 3 is 2.42 bits per heavy atom. The van der Waals surface area contributed by atoms with Crippen molar-refractivity contribution < 1.29 is 22.6 Å². The molecule has 0 aliphatic rings. The second-order valence-corrected chi connectivity index (χ2v) is 5.19. The minimum atomic E-state index is -3.03. The first kappa shape index (κ1) is 19.4. The van der Waals surface area contributed by atoms with Gasteiger partial charge in [-0.15, -0.1) is 0 Å². The summed E-state index contributed by atoms with van der Waals surface area (Å²) in [5.41, 5.74) is 0.901. The minimum Gasteiger partial charge on any atom is -0.496 e. The Morgan fingerprint density at radius 1 is 1.04 bits per heavy atom. The molecule has 2 rings (SSSR count). The molecule has 140 valence electrons. The van der Waals surface area contributed by atoms with Crippen molar-refractivity contribution in [3.05, 3.63) is 59.4 Å². The Labute approximate surface area is 149 Å². The van der Waals surface area contributed by atoms with Crippen LogP contribution in [0.2, 0.25) is 0 Å². The van der Waals surface area contributed by atoms with Gasteiger partial charge in [-0.1, -0.05) is 24.3 Å². The number of nitrogens with zero attached hydrogens (tertiary/aromatic N) is 1. The summed E-state index contributed by atoms with van der Waals surface area (Å²) < 4.78 is 48.5. The molecule has 0 heterocycles. The average Bonchev–Trinajstić information content (AvgIpc) is 2.63. The van der Waals surface area contributed by atoms with E-state index in [0.29, 0.717) is 12.5 Å². The maximum atomic E-state index is 14.0. The van der Waals surface area contributed by atoms with Gasteiger partial charge in [0, 0.05) is 31.3 Å². The van der Waals surface area contributed by atoms with E-state index in [2.05, 4.69) is 20.4 Å². The molecule has 0 saturated heterocycles. The largest absolute Gasteiger partial charge is 0.496 e. The molecule has 0 radical (unpaired) electrons. The number of hydrogen-bond donors (Lipinski definition) is 2. The van der Waals surface area contributed by atoms with Gasteiger partial charge in [-0.25, -0.2) is 4.39 Å². The lowest BCUT2D eigenvalue weighted by Crippen LogP contribution is -2.36. The maximum absolute atomic E-state index is 14.0. The molecule has 8 heteroatoms. The smallest absolute Gasteiger partial charge is 0.387 e. The number of rotatable bonds is 7. The Balaban J connectivity index is 2.01. The van der Waals surface area contributed by atoms with Crippen molar-refractivity contribution in [3.63, 3.8) is 0 Å². The van der Waals surface area contributed by atoms with Crippen LogP contribution in [-0.2, 0) is 13.1 Å². The molecule has 0 aliphatic heterocycles. The van der Waals surface area contributed by atoms with E-state index < -0.39 is 12.4 Å². The summed E-state index contributed by atoms with van der Waals surface area (Å²) in [7, 11) is 3.13. The maximum Gasteiger partial charge on any atom is 0.387 e. The minimum absolute atomic E-state index is 0.00644. The third-order valence-electron chi connectivity index (χ3n) is 3.59. The molecule has 5 nitrogen and oxygen atoms in total. The second kappa shape index (κ2) is 9.55. The molecule has 0 atom stereocenters. The summed E-state index contributed by atoms with van der Waals surface area (Å²) in [6.07, 6.45) is 0. The third-order valence-corrected chi connectivity index (χ3v) is 3.59. The zero-order valence-electron chi connectivity index (χ0n) is 14.4. The highest BCUT2D eigenvalue weighted by Crippen LogP contribution is 2.23. The van der Waals surface area contributed by atoms with Crippen LogP contribution in [0.4, 0.5) is 13.2 Å². The van der Waals surface area contributed by atoms with Crippen LogP contribution in [0, 0.1) is 5.82 Å². The molecule has 2 aromatic rings. The first-order chi connectivity index (χ1) is 12.5. The highest BCUT2D eigenvalue weighted by molar-refractivity contribution is 5.79. The Kier molecular flexibility index (Phi) is 7.13. The molecule has 26 heavy (non-hydrogen) atoms. The van der Waals surface area contributed by atoms with Crippen LogP contribution in [-0.4, -0.2) is 26.7 Å². The average molecular weight is 367 g/mol. The standard InChI is InChI=1S/C18H20F3N3O2/c1-22-18(23-10-12-6-3-4-8-15(12)25-2)24-11-13-14(19)7-5-9-16(13)26-17(20)21/h3-9,17H,10-11H2,1-2H3,(H2,22,23,24). The van der Waals surface area contributed by atoms with Gasteiger partial charge < -0.3 is 20.1 Å². The zero-order chi connectivity index (χ0) is 18.9. The number of hydrogen-bond acceptors (Lipinski definition) is 3. The van der Waals surface area contributed by atoms with E-state index >= 15 is 0 Å². The number of halogens is 3. The van der Waals surface area contributed by atoms with Crippen molar-refractivity contribution in [2.75, 3.05) is 14.2 Å². The lowest BCUT2D eigenvalue weighted by molar-refractivity contribution is -0.0506. The highest BCUT2D eigenvalue weighted by Gasteiger charge is 2.14. The van der Waals surface area contributed by atoms with Gasteiger partial charge in [0.1, 0.15) is 17.3 Å². The number of guanidine groups is 1. The Bertz CT molecular complexity index is 754. The first-order valence-corrected chi connectivity index (χ1v) is 7.83. The van der Waals surface area contributed by atoms with E-state index in [1.807, 2.05) is 24.3 Å². The zero-order valence-corrected chi connectivity index (χ0v) is 14.4. The van der Waals surface area contributed by atoms with E-state index in [1.165, 1.54) is 18.2 Å². The summed E-state index contributed by atoms with van der Waals surface area (Å²) in [5, 5.41) is 5.94. The van der Waals surface area contributed by atoms with E-state index in [4.69, 9.17) is 4.74 Å². The molecule has 0 saturated carbocycles. The second-order valence-electron chi connectivity index (χ2n) is 5.19. The van der Waals surface area contributed by atoms with Gasteiger partial charge in [0.2, 0.25) is 0 Å². The summed E-state index contributed by atoms with van der Waals surface area (Å²) in [5.74, 6) is 0.239. The molecule has 0 fully saturated rings. The quantitative estimate of drug-likeness (QED) is 0.582. The first-order valence-electron chi connectivity index (χ1n) is 7.83. The molecule has 2 N–H and O–H groups in total. The molecule has 2 aromatic carbocycles. The lowest BCUT2D eigenvalue weighted by atomic mass is 10.2. The van der Waals surface area contributed by atoms with Gasteiger partial charge in [-0.3, -0.25) is 4.99 Å². The van der Waals surface area contributed by atoms with E-state index in [-0.39, 0.29) is 17.9 Å². The number of alkyl halides is 2. The number of ether oxygens (including phenoxy) is 2. The summed E-state index contributed by atoms with van der Waals surface area (Å²) in [6, 6.07) is 11.2. The number of benzene rings is 2. The number of methoxy groups -OCH3 is 1. The monoisotopic (exact) mass is 367 g/mol. The molecule has 0 unspecified atom stereocenters. The molecule has 0 spiro atoms.